The van der Waals surface area contributed by atoms with Gasteiger partial charge in [-0.15, -0.1) is 0 Å². The van der Waals surface area contributed by atoms with Crippen LogP contribution in [0.15, 0.2) is 48.5 Å². The molecule has 1 saturated heterocycles. The van der Waals surface area contributed by atoms with Gasteiger partial charge in [0, 0.05) is 31.0 Å². The van der Waals surface area contributed by atoms with Crippen molar-refractivity contribution in [3.05, 3.63) is 59.7 Å². The van der Waals surface area contributed by atoms with Crippen molar-refractivity contribution in [2.24, 2.45) is 0 Å². The topological polar surface area (TPSA) is 32.5 Å². The molecule has 2 aromatic rings. The molecule has 21 heavy (non-hydrogen) atoms. The van der Waals surface area contributed by atoms with Gasteiger partial charge in [-0.2, -0.15) is 0 Å². The Labute approximate surface area is 127 Å². The van der Waals surface area contributed by atoms with Crippen molar-refractivity contribution in [3.8, 4) is 0 Å². The zero-order valence-corrected chi connectivity index (χ0v) is 12.8. The number of hydrogen-bond donors (Lipinski definition) is 1. The maximum atomic E-state index is 5.90. The number of piperazine rings is 1. The van der Waals surface area contributed by atoms with Gasteiger partial charge >= 0.3 is 0 Å². The van der Waals surface area contributed by atoms with Crippen molar-refractivity contribution in [3.63, 3.8) is 0 Å². The molecule has 2 aromatic carbocycles. The highest BCUT2D eigenvalue weighted by Gasteiger charge is 2.27. The minimum Gasteiger partial charge on any atom is -0.399 e. The summed E-state index contributed by atoms with van der Waals surface area (Å²) in [6.07, 6.45) is 0. The van der Waals surface area contributed by atoms with E-state index in [0.717, 1.165) is 25.3 Å². The average Bonchev–Trinajstić information content (AvgIpc) is 2.49. The first-order chi connectivity index (χ1) is 10.1. The SMILES string of the molecule is Cc1cc(N)ccc1N1CCN(C)CC1c1ccccc1. The zero-order valence-electron chi connectivity index (χ0n) is 12.8. The van der Waals surface area contributed by atoms with E-state index in [-0.39, 0.29) is 0 Å². The van der Waals surface area contributed by atoms with Gasteiger partial charge in [-0.05, 0) is 43.3 Å². The third-order valence-electron chi connectivity index (χ3n) is 4.30. The first kappa shape index (κ1) is 14.0. The zero-order chi connectivity index (χ0) is 14.8. The summed E-state index contributed by atoms with van der Waals surface area (Å²) >= 11 is 0. The number of nitrogens with zero attached hydrogens (tertiary/aromatic N) is 2. The highest BCUT2D eigenvalue weighted by Crippen LogP contribution is 2.33. The largest absolute Gasteiger partial charge is 0.399 e. The van der Waals surface area contributed by atoms with Gasteiger partial charge < -0.3 is 15.5 Å². The number of aryl methyl sites for hydroxylation is 1. The van der Waals surface area contributed by atoms with Crippen LogP contribution in [0.3, 0.4) is 0 Å². The Balaban J connectivity index is 1.98. The van der Waals surface area contributed by atoms with Gasteiger partial charge in [0.2, 0.25) is 0 Å². The van der Waals surface area contributed by atoms with E-state index < -0.39 is 0 Å². The molecule has 3 heteroatoms. The first-order valence-corrected chi connectivity index (χ1v) is 7.51. The van der Waals surface area contributed by atoms with E-state index in [0.29, 0.717) is 6.04 Å². The number of nitrogen functional groups attached to an aromatic ring is 1. The second-order valence-corrected chi connectivity index (χ2v) is 5.93. The monoisotopic (exact) mass is 281 g/mol. The summed E-state index contributed by atoms with van der Waals surface area (Å²) in [5, 5.41) is 0. The fraction of sp³-hybridized carbons (Fsp3) is 0.333. The van der Waals surface area contributed by atoms with Gasteiger partial charge in [-0.3, -0.25) is 0 Å². The highest BCUT2D eigenvalue weighted by molar-refractivity contribution is 5.60. The van der Waals surface area contributed by atoms with Crippen LogP contribution in [-0.4, -0.2) is 31.6 Å². The van der Waals surface area contributed by atoms with Crippen molar-refractivity contribution in [1.82, 2.24) is 4.90 Å². The lowest BCUT2D eigenvalue weighted by atomic mass is 10.0. The lowest BCUT2D eigenvalue weighted by Crippen LogP contribution is -2.47. The molecule has 0 spiro atoms. The fourth-order valence-electron chi connectivity index (χ4n) is 3.17. The Kier molecular flexibility index (Phi) is 3.84. The van der Waals surface area contributed by atoms with Crippen LogP contribution in [0.4, 0.5) is 11.4 Å². The van der Waals surface area contributed by atoms with Crippen LogP contribution in [0, 0.1) is 6.92 Å². The molecule has 0 aliphatic carbocycles. The number of nitrogens with two attached hydrogens (primary N) is 1. The van der Waals surface area contributed by atoms with Crippen LogP contribution in [0.5, 0.6) is 0 Å². The maximum Gasteiger partial charge on any atom is 0.0670 e. The van der Waals surface area contributed by atoms with E-state index in [2.05, 4.69) is 66.2 Å². The van der Waals surface area contributed by atoms with E-state index in [1.165, 1.54) is 16.8 Å². The van der Waals surface area contributed by atoms with E-state index in [4.69, 9.17) is 5.73 Å². The minimum absolute atomic E-state index is 0.396. The van der Waals surface area contributed by atoms with Crippen molar-refractivity contribution in [2.75, 3.05) is 37.3 Å². The quantitative estimate of drug-likeness (QED) is 0.859. The normalized spacial score (nSPS) is 19.7. The number of benzene rings is 2. The molecule has 1 aliphatic rings. The molecule has 1 fully saturated rings. The molecule has 1 aliphatic heterocycles. The van der Waals surface area contributed by atoms with Crippen molar-refractivity contribution in [2.45, 2.75) is 13.0 Å². The standard InChI is InChI=1S/C18H23N3/c1-14-12-16(19)8-9-17(14)21-11-10-20(2)13-18(21)15-6-4-3-5-7-15/h3-9,12,18H,10-11,13,19H2,1-2H3. The molecule has 1 atom stereocenters. The predicted molar refractivity (Wildman–Crippen MR) is 89.6 cm³/mol. The summed E-state index contributed by atoms with van der Waals surface area (Å²) in [6, 6.07) is 17.4. The molecule has 3 nitrogen and oxygen atoms in total. The predicted octanol–water partition coefficient (Wildman–Crippen LogP) is 3.07. The molecule has 1 heterocycles. The van der Waals surface area contributed by atoms with Crippen LogP contribution in [0.1, 0.15) is 17.2 Å². The van der Waals surface area contributed by atoms with E-state index >= 15 is 0 Å². The molecule has 0 amide bonds. The molecule has 0 aromatic heterocycles. The van der Waals surface area contributed by atoms with E-state index in [1.807, 2.05) is 6.07 Å². The molecule has 110 valence electrons. The van der Waals surface area contributed by atoms with Crippen LogP contribution >= 0.6 is 0 Å². The Morgan fingerprint density at radius 1 is 1.05 bits per heavy atom. The molecule has 0 saturated carbocycles. The average molecular weight is 281 g/mol. The second kappa shape index (κ2) is 5.78. The van der Waals surface area contributed by atoms with Crippen LogP contribution in [0.2, 0.25) is 0 Å². The molecule has 3 rings (SSSR count). The third kappa shape index (κ3) is 2.88. The van der Waals surface area contributed by atoms with Crippen LogP contribution in [0.25, 0.3) is 0 Å². The Hall–Kier alpha value is -2.00. The Bertz CT molecular complexity index is 609. The first-order valence-electron chi connectivity index (χ1n) is 7.51. The third-order valence-corrected chi connectivity index (χ3v) is 4.30. The second-order valence-electron chi connectivity index (χ2n) is 5.93. The summed E-state index contributed by atoms with van der Waals surface area (Å²) < 4.78 is 0. The molecule has 2 N–H and O–H groups in total. The minimum atomic E-state index is 0.396. The molecule has 0 radical (unpaired) electrons. The number of likely N-dealkylation sites (N-methyl/N-ethyl adjacent to an activating group) is 1. The Morgan fingerprint density at radius 2 is 1.81 bits per heavy atom. The van der Waals surface area contributed by atoms with Gasteiger partial charge in [-0.1, -0.05) is 30.3 Å². The van der Waals surface area contributed by atoms with Gasteiger partial charge in [0.15, 0.2) is 0 Å². The lowest BCUT2D eigenvalue weighted by Gasteiger charge is -2.42. The molecule has 1 unspecified atom stereocenters. The van der Waals surface area contributed by atoms with Gasteiger partial charge in [0.05, 0.1) is 6.04 Å². The fourth-order valence-corrected chi connectivity index (χ4v) is 3.17. The molecular weight excluding hydrogens is 258 g/mol. The summed E-state index contributed by atoms with van der Waals surface area (Å²) in [7, 11) is 2.20. The van der Waals surface area contributed by atoms with Crippen LogP contribution in [-0.2, 0) is 0 Å². The smallest absolute Gasteiger partial charge is 0.0670 e. The molecule has 0 bridgehead atoms. The van der Waals surface area contributed by atoms with Gasteiger partial charge in [0.1, 0.15) is 0 Å². The molecular formula is C18H23N3. The summed E-state index contributed by atoms with van der Waals surface area (Å²) in [5.74, 6) is 0. The maximum absolute atomic E-state index is 5.90. The number of hydrogen-bond acceptors (Lipinski definition) is 3. The number of rotatable bonds is 2. The van der Waals surface area contributed by atoms with E-state index in [9.17, 15) is 0 Å². The van der Waals surface area contributed by atoms with Crippen molar-refractivity contribution in [1.29, 1.82) is 0 Å². The van der Waals surface area contributed by atoms with Gasteiger partial charge in [-0.25, -0.2) is 0 Å². The van der Waals surface area contributed by atoms with Crippen LogP contribution < -0.4 is 10.6 Å². The Morgan fingerprint density at radius 3 is 2.52 bits per heavy atom. The number of anilines is 2. The lowest BCUT2D eigenvalue weighted by molar-refractivity contribution is 0.269. The van der Waals surface area contributed by atoms with Gasteiger partial charge in [0.25, 0.3) is 0 Å². The van der Waals surface area contributed by atoms with Crippen molar-refractivity contribution < 1.29 is 0 Å². The van der Waals surface area contributed by atoms with E-state index in [1.54, 1.807) is 0 Å². The summed E-state index contributed by atoms with van der Waals surface area (Å²) in [5.41, 5.74) is 10.7. The summed E-state index contributed by atoms with van der Waals surface area (Å²) in [6.45, 7) is 5.33. The summed E-state index contributed by atoms with van der Waals surface area (Å²) in [4.78, 5) is 4.92. The highest BCUT2D eigenvalue weighted by atomic mass is 15.3. The van der Waals surface area contributed by atoms with Crippen molar-refractivity contribution >= 4 is 11.4 Å².